The molecule has 98 valence electrons. The number of fused-ring (bicyclic) bond motifs is 2. The Morgan fingerprint density at radius 2 is 1.83 bits per heavy atom. The Hall–Kier alpha value is -1.09. The minimum atomic E-state index is -0.111. The van der Waals surface area contributed by atoms with E-state index in [1.807, 2.05) is 14.0 Å². The smallest absolute Gasteiger partial charge is 0.125 e. The third-order valence-corrected chi connectivity index (χ3v) is 4.47. The first-order valence-electron chi connectivity index (χ1n) is 6.90. The van der Waals surface area contributed by atoms with Crippen molar-refractivity contribution in [2.75, 3.05) is 11.9 Å². The van der Waals surface area contributed by atoms with Crippen LogP contribution in [0.3, 0.4) is 0 Å². The first kappa shape index (κ1) is 12.0. The van der Waals surface area contributed by atoms with Gasteiger partial charge in [0.1, 0.15) is 5.82 Å². The molecule has 2 saturated heterocycles. The average Bonchev–Trinajstić information content (AvgIpc) is 2.59. The molecule has 2 nitrogen and oxygen atoms in total. The Kier molecular flexibility index (Phi) is 3.02. The molecule has 2 atom stereocenters. The van der Waals surface area contributed by atoms with Crippen LogP contribution in [0.4, 0.5) is 10.1 Å². The lowest BCUT2D eigenvalue weighted by Crippen LogP contribution is -2.48. The molecule has 0 aliphatic carbocycles. The van der Waals surface area contributed by atoms with Gasteiger partial charge in [-0.1, -0.05) is 0 Å². The lowest BCUT2D eigenvalue weighted by Gasteiger charge is -2.40. The van der Waals surface area contributed by atoms with E-state index in [2.05, 4.69) is 16.3 Å². The molecule has 0 saturated carbocycles. The number of piperidine rings is 1. The van der Waals surface area contributed by atoms with Gasteiger partial charge in [0.2, 0.25) is 0 Å². The normalized spacial score (nSPS) is 30.8. The van der Waals surface area contributed by atoms with Crippen LogP contribution < -0.4 is 10.2 Å². The highest BCUT2D eigenvalue weighted by Gasteiger charge is 2.40. The van der Waals surface area contributed by atoms with Gasteiger partial charge in [0.05, 0.1) is 0 Å². The molecule has 2 heterocycles. The molecule has 0 radical (unpaired) electrons. The summed E-state index contributed by atoms with van der Waals surface area (Å²) in [5, 5.41) is 3.40. The lowest BCUT2D eigenvalue weighted by atomic mass is 9.96. The van der Waals surface area contributed by atoms with Crippen LogP contribution in [-0.2, 0) is 0 Å². The summed E-state index contributed by atoms with van der Waals surface area (Å²) in [6.45, 7) is 1.97. The van der Waals surface area contributed by atoms with E-state index in [0.29, 0.717) is 18.1 Å². The largest absolute Gasteiger partial charge is 0.365 e. The summed E-state index contributed by atoms with van der Waals surface area (Å²) in [5.41, 5.74) is 2.09. The van der Waals surface area contributed by atoms with E-state index in [0.717, 1.165) is 11.3 Å². The van der Waals surface area contributed by atoms with Gasteiger partial charge in [-0.25, -0.2) is 4.39 Å². The van der Waals surface area contributed by atoms with Crippen molar-refractivity contribution in [3.8, 4) is 0 Å². The number of aryl methyl sites for hydroxylation is 1. The lowest BCUT2D eigenvalue weighted by molar-refractivity contribution is 0.373. The molecule has 3 heteroatoms. The van der Waals surface area contributed by atoms with E-state index >= 15 is 0 Å². The number of halogens is 1. The van der Waals surface area contributed by atoms with E-state index < -0.39 is 0 Å². The quantitative estimate of drug-likeness (QED) is 0.865. The van der Waals surface area contributed by atoms with E-state index in [1.165, 1.54) is 25.7 Å². The second-order valence-electron chi connectivity index (χ2n) is 5.74. The van der Waals surface area contributed by atoms with Crippen LogP contribution in [0.2, 0.25) is 0 Å². The Balaban J connectivity index is 1.89. The molecule has 1 aromatic rings. The van der Waals surface area contributed by atoms with Crippen molar-refractivity contribution in [3.63, 3.8) is 0 Å². The van der Waals surface area contributed by atoms with Crippen molar-refractivity contribution in [2.45, 2.75) is 50.7 Å². The van der Waals surface area contributed by atoms with Crippen LogP contribution in [0.25, 0.3) is 0 Å². The summed E-state index contributed by atoms with van der Waals surface area (Å²) in [7, 11) is 2.05. The topological polar surface area (TPSA) is 15.3 Å². The number of nitrogens with zero attached hydrogens (tertiary/aromatic N) is 1. The van der Waals surface area contributed by atoms with E-state index in [1.54, 1.807) is 12.1 Å². The van der Waals surface area contributed by atoms with Crippen LogP contribution in [0.1, 0.15) is 31.2 Å². The van der Waals surface area contributed by atoms with Crippen LogP contribution in [-0.4, -0.2) is 25.2 Å². The van der Waals surface area contributed by atoms with E-state index in [9.17, 15) is 4.39 Å². The number of anilines is 1. The average molecular weight is 248 g/mol. The highest BCUT2D eigenvalue weighted by atomic mass is 19.1. The van der Waals surface area contributed by atoms with Crippen LogP contribution in [0, 0.1) is 12.7 Å². The fourth-order valence-electron chi connectivity index (χ4n) is 3.70. The molecule has 0 aromatic heterocycles. The second kappa shape index (κ2) is 4.54. The molecule has 0 spiro atoms. The fraction of sp³-hybridized carbons (Fsp3) is 0.600. The van der Waals surface area contributed by atoms with Gasteiger partial charge in [0, 0.05) is 23.8 Å². The minimum absolute atomic E-state index is 0.111. The van der Waals surface area contributed by atoms with Crippen LogP contribution in [0.5, 0.6) is 0 Å². The number of nitrogens with one attached hydrogen (secondary N) is 1. The summed E-state index contributed by atoms with van der Waals surface area (Å²) < 4.78 is 13.6. The van der Waals surface area contributed by atoms with Gasteiger partial charge in [0.15, 0.2) is 0 Å². The molecule has 1 N–H and O–H groups in total. The molecule has 2 aliphatic rings. The van der Waals surface area contributed by atoms with Crippen molar-refractivity contribution >= 4 is 5.69 Å². The molecule has 2 fully saturated rings. The maximum atomic E-state index is 13.6. The minimum Gasteiger partial charge on any atom is -0.365 e. The summed E-state index contributed by atoms with van der Waals surface area (Å²) in [4.78, 5) is 2.46. The van der Waals surface area contributed by atoms with E-state index in [-0.39, 0.29) is 5.82 Å². The van der Waals surface area contributed by atoms with Gasteiger partial charge in [-0.05, 0) is 63.4 Å². The van der Waals surface area contributed by atoms with Crippen molar-refractivity contribution in [3.05, 3.63) is 29.6 Å². The van der Waals surface area contributed by atoms with Crippen molar-refractivity contribution in [1.29, 1.82) is 0 Å². The molecule has 0 amide bonds. The highest BCUT2D eigenvalue weighted by Crippen LogP contribution is 2.39. The Morgan fingerprint density at radius 3 is 2.39 bits per heavy atom. The second-order valence-corrected chi connectivity index (χ2v) is 5.74. The molecular weight excluding hydrogens is 227 g/mol. The van der Waals surface area contributed by atoms with Crippen LogP contribution >= 0.6 is 0 Å². The molecule has 1 aromatic carbocycles. The first-order valence-corrected chi connectivity index (χ1v) is 6.90. The Labute approximate surface area is 108 Å². The third-order valence-electron chi connectivity index (χ3n) is 4.47. The SMILES string of the molecule is CNC1CC2CCC(C1)N2c1cc(C)cc(F)c1. The van der Waals surface area contributed by atoms with Crippen LogP contribution in [0.15, 0.2) is 18.2 Å². The maximum absolute atomic E-state index is 13.6. The fourth-order valence-corrected chi connectivity index (χ4v) is 3.70. The standard InChI is InChI=1S/C15H21FN2/c1-10-5-11(16)7-15(6-10)18-13-3-4-14(18)9-12(8-13)17-2/h5-7,12-14,17H,3-4,8-9H2,1-2H3. The van der Waals surface area contributed by atoms with Crippen molar-refractivity contribution in [1.82, 2.24) is 5.32 Å². The molecule has 3 rings (SSSR count). The molecule has 2 bridgehead atoms. The number of rotatable bonds is 2. The molecule has 2 unspecified atom stereocenters. The third kappa shape index (κ3) is 2.01. The van der Waals surface area contributed by atoms with Crippen molar-refractivity contribution in [2.24, 2.45) is 0 Å². The number of hydrogen-bond donors (Lipinski definition) is 1. The number of benzene rings is 1. The Morgan fingerprint density at radius 1 is 1.17 bits per heavy atom. The predicted octanol–water partition coefficient (Wildman–Crippen LogP) is 2.85. The van der Waals surface area contributed by atoms with E-state index in [4.69, 9.17) is 0 Å². The number of hydrogen-bond acceptors (Lipinski definition) is 2. The monoisotopic (exact) mass is 248 g/mol. The van der Waals surface area contributed by atoms with Gasteiger partial charge < -0.3 is 10.2 Å². The predicted molar refractivity (Wildman–Crippen MR) is 72.5 cm³/mol. The first-order chi connectivity index (χ1) is 8.67. The molecule has 18 heavy (non-hydrogen) atoms. The van der Waals surface area contributed by atoms with Gasteiger partial charge >= 0.3 is 0 Å². The van der Waals surface area contributed by atoms with Gasteiger partial charge in [0.25, 0.3) is 0 Å². The summed E-state index contributed by atoms with van der Waals surface area (Å²) >= 11 is 0. The zero-order valence-electron chi connectivity index (χ0n) is 11.1. The van der Waals surface area contributed by atoms with Gasteiger partial charge in [-0.15, -0.1) is 0 Å². The zero-order valence-corrected chi connectivity index (χ0v) is 11.1. The van der Waals surface area contributed by atoms with Gasteiger partial charge in [-0.3, -0.25) is 0 Å². The molecule has 2 aliphatic heterocycles. The zero-order chi connectivity index (χ0) is 12.7. The maximum Gasteiger partial charge on any atom is 0.125 e. The highest BCUT2D eigenvalue weighted by molar-refractivity contribution is 5.52. The van der Waals surface area contributed by atoms with Crippen molar-refractivity contribution < 1.29 is 4.39 Å². The Bertz CT molecular complexity index is 412. The summed E-state index contributed by atoms with van der Waals surface area (Å²) in [5.74, 6) is -0.111. The van der Waals surface area contributed by atoms with Gasteiger partial charge in [-0.2, -0.15) is 0 Å². The molecular formula is C15H21FN2. The summed E-state index contributed by atoms with van der Waals surface area (Å²) in [6, 6.07) is 7.22. The summed E-state index contributed by atoms with van der Waals surface area (Å²) in [6.07, 6.45) is 4.86.